The molecule has 0 aromatic heterocycles. The molecule has 1 saturated carbocycles. The van der Waals surface area contributed by atoms with Crippen molar-refractivity contribution in [3.8, 4) is 0 Å². The summed E-state index contributed by atoms with van der Waals surface area (Å²) in [4.78, 5) is 53.5. The maximum Gasteiger partial charge on any atom is 0.337 e. The second-order valence-corrected chi connectivity index (χ2v) is 7.58. The minimum absolute atomic E-state index is 0.0273. The molecule has 0 N–H and O–H groups in total. The van der Waals surface area contributed by atoms with Crippen molar-refractivity contribution in [2.45, 2.75) is 38.3 Å². The first-order valence-electron chi connectivity index (χ1n) is 9.86. The van der Waals surface area contributed by atoms with Crippen LogP contribution in [-0.4, -0.2) is 47.8 Å². The predicted molar refractivity (Wildman–Crippen MR) is 109 cm³/mol. The Labute approximate surface area is 174 Å². The van der Waals surface area contributed by atoms with Gasteiger partial charge in [-0.15, -0.1) is 0 Å². The van der Waals surface area contributed by atoms with Gasteiger partial charge >= 0.3 is 5.97 Å². The molecule has 0 radical (unpaired) electrons. The van der Waals surface area contributed by atoms with Gasteiger partial charge in [-0.05, 0) is 55.7 Å². The molecule has 2 aliphatic rings. The third kappa shape index (κ3) is 3.47. The summed E-state index contributed by atoms with van der Waals surface area (Å²) >= 11 is 0. The molecule has 1 heterocycles. The van der Waals surface area contributed by atoms with E-state index in [1.54, 1.807) is 17.0 Å². The zero-order valence-corrected chi connectivity index (χ0v) is 16.8. The summed E-state index contributed by atoms with van der Waals surface area (Å²) in [6.45, 7) is 1.86. The van der Waals surface area contributed by atoms with Gasteiger partial charge in [-0.2, -0.15) is 0 Å². The highest BCUT2D eigenvalue weighted by atomic mass is 16.5. The SMILES string of the molecule is COC(=O)c1ccc(N2C(=O)CC(N(C(=O)c3ccccc3C)C3CC3)C2=O)cc1. The second-order valence-electron chi connectivity index (χ2n) is 7.58. The average Bonchev–Trinajstić information content (AvgIpc) is 3.54. The van der Waals surface area contributed by atoms with Gasteiger partial charge in [0.05, 0.1) is 24.8 Å². The molecule has 2 fully saturated rings. The summed E-state index contributed by atoms with van der Waals surface area (Å²) in [7, 11) is 1.28. The van der Waals surface area contributed by atoms with Crippen molar-refractivity contribution in [1.29, 1.82) is 0 Å². The van der Waals surface area contributed by atoms with Gasteiger partial charge in [-0.1, -0.05) is 18.2 Å². The van der Waals surface area contributed by atoms with Gasteiger partial charge in [0.2, 0.25) is 5.91 Å². The third-order valence-corrected chi connectivity index (χ3v) is 5.56. The molecule has 0 bridgehead atoms. The van der Waals surface area contributed by atoms with Crippen LogP contribution >= 0.6 is 0 Å². The van der Waals surface area contributed by atoms with E-state index in [1.165, 1.54) is 31.4 Å². The summed E-state index contributed by atoms with van der Waals surface area (Å²) in [6.07, 6.45) is 1.60. The Morgan fingerprint density at radius 3 is 2.30 bits per heavy atom. The predicted octanol–water partition coefficient (Wildman–Crippen LogP) is 2.72. The number of hydrogen-bond acceptors (Lipinski definition) is 5. The fraction of sp³-hybridized carbons (Fsp3) is 0.304. The molecule has 154 valence electrons. The highest BCUT2D eigenvalue weighted by molar-refractivity contribution is 6.23. The summed E-state index contributed by atoms with van der Waals surface area (Å²) < 4.78 is 4.67. The van der Waals surface area contributed by atoms with Crippen molar-refractivity contribution >= 4 is 29.4 Å². The van der Waals surface area contributed by atoms with E-state index in [2.05, 4.69) is 4.74 Å². The minimum Gasteiger partial charge on any atom is -0.465 e. The van der Waals surface area contributed by atoms with Crippen LogP contribution in [0, 0.1) is 6.92 Å². The first kappa shape index (κ1) is 19.8. The van der Waals surface area contributed by atoms with Crippen molar-refractivity contribution in [2.75, 3.05) is 12.0 Å². The molecule has 3 amide bonds. The number of amides is 3. The van der Waals surface area contributed by atoms with E-state index in [0.29, 0.717) is 16.8 Å². The van der Waals surface area contributed by atoms with Gasteiger partial charge in [0.15, 0.2) is 0 Å². The lowest BCUT2D eigenvalue weighted by atomic mass is 10.1. The van der Waals surface area contributed by atoms with E-state index in [4.69, 9.17) is 0 Å². The van der Waals surface area contributed by atoms with Gasteiger partial charge in [0.1, 0.15) is 6.04 Å². The third-order valence-electron chi connectivity index (χ3n) is 5.56. The van der Waals surface area contributed by atoms with E-state index < -0.39 is 17.9 Å². The molecule has 2 aromatic carbocycles. The molecule has 1 aliphatic heterocycles. The molecular weight excluding hydrogens is 384 g/mol. The zero-order valence-electron chi connectivity index (χ0n) is 16.8. The number of anilines is 1. The minimum atomic E-state index is -0.822. The maximum atomic E-state index is 13.3. The number of esters is 1. The van der Waals surface area contributed by atoms with E-state index in [9.17, 15) is 19.2 Å². The van der Waals surface area contributed by atoms with Crippen molar-refractivity contribution in [2.24, 2.45) is 0 Å². The van der Waals surface area contributed by atoms with Crippen LogP contribution in [0.5, 0.6) is 0 Å². The van der Waals surface area contributed by atoms with Crippen LogP contribution in [0.15, 0.2) is 48.5 Å². The van der Waals surface area contributed by atoms with Crippen LogP contribution < -0.4 is 4.90 Å². The highest BCUT2D eigenvalue weighted by Gasteiger charge is 2.49. The summed E-state index contributed by atoms with van der Waals surface area (Å²) in [5.74, 6) is -1.49. The molecule has 1 atom stereocenters. The second kappa shape index (κ2) is 7.74. The zero-order chi connectivity index (χ0) is 21.4. The average molecular weight is 406 g/mol. The fourth-order valence-corrected chi connectivity index (χ4v) is 3.84. The topological polar surface area (TPSA) is 84.0 Å². The van der Waals surface area contributed by atoms with Gasteiger partial charge in [-0.25, -0.2) is 9.69 Å². The Kier molecular flexibility index (Phi) is 5.11. The monoisotopic (exact) mass is 406 g/mol. The number of aryl methyl sites for hydroxylation is 1. The van der Waals surface area contributed by atoms with Crippen LogP contribution in [0.25, 0.3) is 0 Å². The number of benzene rings is 2. The number of imide groups is 1. The quantitative estimate of drug-likeness (QED) is 0.563. The molecule has 0 spiro atoms. The van der Waals surface area contributed by atoms with E-state index in [1.807, 2.05) is 19.1 Å². The molecule has 4 rings (SSSR count). The van der Waals surface area contributed by atoms with Crippen LogP contribution in [0.3, 0.4) is 0 Å². The van der Waals surface area contributed by atoms with Crippen LogP contribution in [-0.2, 0) is 14.3 Å². The number of nitrogens with zero attached hydrogens (tertiary/aromatic N) is 2. The smallest absolute Gasteiger partial charge is 0.337 e. The molecule has 2 aromatic rings. The lowest BCUT2D eigenvalue weighted by molar-refractivity contribution is -0.122. The molecule has 1 aliphatic carbocycles. The maximum absolute atomic E-state index is 13.3. The van der Waals surface area contributed by atoms with Gasteiger partial charge in [0, 0.05) is 11.6 Å². The van der Waals surface area contributed by atoms with Crippen LogP contribution in [0.2, 0.25) is 0 Å². The van der Waals surface area contributed by atoms with Crippen LogP contribution in [0.1, 0.15) is 45.5 Å². The number of methoxy groups -OCH3 is 1. The van der Waals surface area contributed by atoms with Crippen molar-refractivity contribution in [3.05, 3.63) is 65.2 Å². The first-order valence-corrected chi connectivity index (χ1v) is 9.86. The Hall–Kier alpha value is -3.48. The largest absolute Gasteiger partial charge is 0.465 e. The van der Waals surface area contributed by atoms with Gasteiger partial charge < -0.3 is 9.64 Å². The molecule has 7 heteroatoms. The Balaban J connectivity index is 1.61. The number of rotatable bonds is 5. The van der Waals surface area contributed by atoms with Crippen molar-refractivity contribution < 1.29 is 23.9 Å². The first-order chi connectivity index (χ1) is 14.4. The lowest BCUT2D eigenvalue weighted by Gasteiger charge is -2.28. The summed E-state index contributed by atoms with van der Waals surface area (Å²) in [5.41, 5.74) is 2.08. The molecule has 1 saturated heterocycles. The standard InChI is InChI=1S/C23H22N2O5/c1-14-5-3-4-6-18(14)21(27)24(16-11-12-16)19-13-20(26)25(22(19)28)17-9-7-15(8-10-17)23(29)30-2/h3-10,16,19H,11-13H2,1-2H3. The van der Waals surface area contributed by atoms with Crippen molar-refractivity contribution in [3.63, 3.8) is 0 Å². The summed E-state index contributed by atoms with van der Waals surface area (Å²) in [6, 6.07) is 12.5. The molecule has 30 heavy (non-hydrogen) atoms. The number of carbonyl (C=O) groups excluding carboxylic acids is 4. The summed E-state index contributed by atoms with van der Waals surface area (Å²) in [5, 5.41) is 0. The van der Waals surface area contributed by atoms with Crippen molar-refractivity contribution in [1.82, 2.24) is 4.90 Å². The Morgan fingerprint density at radius 1 is 1.03 bits per heavy atom. The van der Waals surface area contributed by atoms with Crippen LogP contribution in [0.4, 0.5) is 5.69 Å². The Bertz CT molecular complexity index is 1030. The number of carbonyl (C=O) groups is 4. The normalized spacial score (nSPS) is 18.5. The molecular formula is C23H22N2O5. The molecule has 7 nitrogen and oxygen atoms in total. The van der Waals surface area contributed by atoms with E-state index >= 15 is 0 Å². The lowest BCUT2D eigenvalue weighted by Crippen LogP contribution is -2.47. The number of ether oxygens (including phenoxy) is 1. The number of hydrogen-bond donors (Lipinski definition) is 0. The Morgan fingerprint density at radius 2 is 1.70 bits per heavy atom. The fourth-order valence-electron chi connectivity index (χ4n) is 3.84. The van der Waals surface area contributed by atoms with E-state index in [0.717, 1.165) is 23.3 Å². The van der Waals surface area contributed by atoms with Gasteiger partial charge in [0.25, 0.3) is 11.8 Å². The van der Waals surface area contributed by atoms with Gasteiger partial charge in [-0.3, -0.25) is 14.4 Å². The molecule has 1 unspecified atom stereocenters. The van der Waals surface area contributed by atoms with E-state index in [-0.39, 0.29) is 24.3 Å². The highest BCUT2D eigenvalue weighted by Crippen LogP contribution is 2.35.